The monoisotopic (exact) mass is 241 g/mol. The van der Waals surface area contributed by atoms with Crippen molar-refractivity contribution in [1.82, 2.24) is 5.32 Å². The molecule has 0 saturated carbocycles. The van der Waals surface area contributed by atoms with Gasteiger partial charge in [0.05, 0.1) is 0 Å². The number of thioether (sulfide) groups is 1. The zero-order valence-corrected chi connectivity index (χ0v) is 11.1. The number of nitrogens with one attached hydrogen (secondary N) is 1. The molecular formula is C12H19NS2. The minimum atomic E-state index is 0.441. The van der Waals surface area contributed by atoms with Crippen LogP contribution in [0.25, 0.3) is 0 Å². The Morgan fingerprint density at radius 2 is 2.47 bits per heavy atom. The summed E-state index contributed by atoms with van der Waals surface area (Å²) >= 11 is 3.94. The molecule has 1 aromatic heterocycles. The lowest BCUT2D eigenvalue weighted by Gasteiger charge is -2.33. The van der Waals surface area contributed by atoms with E-state index < -0.39 is 0 Å². The molecule has 0 amide bonds. The first-order valence-electron chi connectivity index (χ1n) is 5.57. The first-order valence-corrected chi connectivity index (χ1v) is 7.50. The van der Waals surface area contributed by atoms with Crippen molar-refractivity contribution in [2.45, 2.75) is 37.0 Å². The molecule has 0 radical (unpaired) electrons. The molecule has 1 fully saturated rings. The van der Waals surface area contributed by atoms with Gasteiger partial charge in [-0.3, -0.25) is 0 Å². The first-order chi connectivity index (χ1) is 7.24. The van der Waals surface area contributed by atoms with Crippen molar-refractivity contribution in [2.75, 3.05) is 12.8 Å². The van der Waals surface area contributed by atoms with E-state index in [-0.39, 0.29) is 0 Å². The zero-order valence-electron chi connectivity index (χ0n) is 9.45. The fourth-order valence-corrected chi connectivity index (χ4v) is 4.47. The van der Waals surface area contributed by atoms with Crippen LogP contribution in [0.2, 0.25) is 0 Å². The highest BCUT2D eigenvalue weighted by Gasteiger charge is 2.36. The summed E-state index contributed by atoms with van der Waals surface area (Å²) < 4.78 is 0.441. The van der Waals surface area contributed by atoms with Gasteiger partial charge in [-0.2, -0.15) is 23.1 Å². The number of likely N-dealkylation sites (N-methyl/N-ethyl adjacent to an activating group) is 1. The van der Waals surface area contributed by atoms with Gasteiger partial charge in [-0.05, 0) is 61.4 Å². The van der Waals surface area contributed by atoms with E-state index in [1.54, 1.807) is 11.3 Å². The summed E-state index contributed by atoms with van der Waals surface area (Å²) in [6, 6.07) is 2.86. The maximum atomic E-state index is 3.51. The van der Waals surface area contributed by atoms with Crippen LogP contribution in [-0.2, 0) is 6.42 Å². The van der Waals surface area contributed by atoms with Crippen molar-refractivity contribution >= 4 is 23.1 Å². The van der Waals surface area contributed by atoms with Crippen molar-refractivity contribution in [3.63, 3.8) is 0 Å². The second-order valence-electron chi connectivity index (χ2n) is 4.44. The Bertz CT molecular complexity index is 289. The predicted octanol–water partition coefficient (Wildman–Crippen LogP) is 3.16. The minimum Gasteiger partial charge on any atom is -0.315 e. The number of hydrogen-bond donors (Lipinski definition) is 1. The van der Waals surface area contributed by atoms with Crippen LogP contribution in [0.5, 0.6) is 0 Å². The molecule has 1 nitrogen and oxygen atoms in total. The van der Waals surface area contributed by atoms with Crippen LogP contribution in [0, 0.1) is 0 Å². The summed E-state index contributed by atoms with van der Waals surface area (Å²) in [5, 5.41) is 7.95. The molecule has 15 heavy (non-hydrogen) atoms. The van der Waals surface area contributed by atoms with Gasteiger partial charge in [0, 0.05) is 10.8 Å². The van der Waals surface area contributed by atoms with Gasteiger partial charge in [0.1, 0.15) is 0 Å². The molecule has 2 unspecified atom stereocenters. The highest BCUT2D eigenvalue weighted by molar-refractivity contribution is 8.00. The lowest BCUT2D eigenvalue weighted by molar-refractivity contribution is 0.424. The van der Waals surface area contributed by atoms with Gasteiger partial charge in [0.25, 0.3) is 0 Å². The predicted molar refractivity (Wildman–Crippen MR) is 71.0 cm³/mol. The smallest absolute Gasteiger partial charge is 0.0288 e. The van der Waals surface area contributed by atoms with Crippen LogP contribution >= 0.6 is 23.1 Å². The van der Waals surface area contributed by atoms with Crippen molar-refractivity contribution in [3.05, 3.63) is 22.4 Å². The van der Waals surface area contributed by atoms with E-state index in [4.69, 9.17) is 0 Å². The summed E-state index contributed by atoms with van der Waals surface area (Å²) in [6.45, 7) is 2.41. The molecule has 0 aromatic carbocycles. The molecule has 1 aromatic rings. The molecule has 0 spiro atoms. The fourth-order valence-electron chi connectivity index (χ4n) is 2.34. The maximum absolute atomic E-state index is 3.51. The third-order valence-corrected chi connectivity index (χ3v) is 5.73. The Labute approximate surface area is 101 Å². The molecule has 1 N–H and O–H groups in total. The van der Waals surface area contributed by atoms with Gasteiger partial charge < -0.3 is 5.32 Å². The summed E-state index contributed by atoms with van der Waals surface area (Å²) in [5.41, 5.74) is 1.48. The number of thiophene rings is 1. The second-order valence-corrected chi connectivity index (χ2v) is 6.85. The maximum Gasteiger partial charge on any atom is 0.0288 e. The summed E-state index contributed by atoms with van der Waals surface area (Å²) in [5.74, 6) is 1.33. The van der Waals surface area contributed by atoms with E-state index in [2.05, 4.69) is 47.9 Å². The highest BCUT2D eigenvalue weighted by atomic mass is 32.2. The quantitative estimate of drug-likeness (QED) is 0.869. The third kappa shape index (κ3) is 2.58. The minimum absolute atomic E-state index is 0.441. The number of hydrogen-bond acceptors (Lipinski definition) is 3. The molecule has 2 rings (SSSR count). The average molecular weight is 241 g/mol. The molecule has 0 aliphatic carbocycles. The van der Waals surface area contributed by atoms with Crippen LogP contribution in [0.4, 0.5) is 0 Å². The van der Waals surface area contributed by atoms with Crippen molar-refractivity contribution < 1.29 is 0 Å². The average Bonchev–Trinajstić information content (AvgIpc) is 2.85. The highest BCUT2D eigenvalue weighted by Crippen LogP contribution is 2.41. The Kier molecular flexibility index (Phi) is 3.75. The van der Waals surface area contributed by atoms with Gasteiger partial charge >= 0.3 is 0 Å². The summed E-state index contributed by atoms with van der Waals surface area (Å²) in [6.07, 6.45) is 3.90. The molecule has 2 heterocycles. The Morgan fingerprint density at radius 1 is 1.60 bits per heavy atom. The molecular weight excluding hydrogens is 222 g/mol. The SMILES string of the molecule is CNC(Cc1ccsc1)C1(C)CCCS1. The van der Waals surface area contributed by atoms with Crippen LogP contribution in [0.1, 0.15) is 25.3 Å². The van der Waals surface area contributed by atoms with E-state index in [1.165, 1.54) is 30.6 Å². The van der Waals surface area contributed by atoms with Gasteiger partial charge in [-0.1, -0.05) is 0 Å². The molecule has 1 saturated heterocycles. The van der Waals surface area contributed by atoms with E-state index >= 15 is 0 Å². The van der Waals surface area contributed by atoms with E-state index in [0.29, 0.717) is 10.8 Å². The van der Waals surface area contributed by atoms with Crippen LogP contribution < -0.4 is 5.32 Å². The lowest BCUT2D eigenvalue weighted by atomic mass is 9.92. The van der Waals surface area contributed by atoms with Gasteiger partial charge in [0.2, 0.25) is 0 Å². The standard InChI is InChI=1S/C12H19NS2/c1-12(5-3-6-15-12)11(13-2)8-10-4-7-14-9-10/h4,7,9,11,13H,3,5-6,8H2,1-2H3. The Morgan fingerprint density at radius 3 is 3.00 bits per heavy atom. The molecule has 0 bridgehead atoms. The van der Waals surface area contributed by atoms with Crippen molar-refractivity contribution in [1.29, 1.82) is 0 Å². The fraction of sp³-hybridized carbons (Fsp3) is 0.667. The molecule has 1 aliphatic rings. The number of rotatable bonds is 4. The van der Waals surface area contributed by atoms with E-state index in [0.717, 1.165) is 0 Å². The van der Waals surface area contributed by atoms with Gasteiger partial charge in [-0.25, -0.2) is 0 Å². The van der Waals surface area contributed by atoms with Crippen LogP contribution in [0.3, 0.4) is 0 Å². The van der Waals surface area contributed by atoms with E-state index in [9.17, 15) is 0 Å². The lowest BCUT2D eigenvalue weighted by Crippen LogP contribution is -2.44. The van der Waals surface area contributed by atoms with Crippen molar-refractivity contribution in [2.24, 2.45) is 0 Å². The van der Waals surface area contributed by atoms with Crippen LogP contribution in [-0.4, -0.2) is 23.6 Å². The molecule has 2 atom stereocenters. The second kappa shape index (κ2) is 4.89. The topological polar surface area (TPSA) is 12.0 Å². The molecule has 84 valence electrons. The van der Waals surface area contributed by atoms with Gasteiger partial charge in [0.15, 0.2) is 0 Å². The Hall–Kier alpha value is 0.01000. The largest absolute Gasteiger partial charge is 0.315 e. The van der Waals surface area contributed by atoms with E-state index in [1.807, 2.05) is 0 Å². The zero-order chi connectivity index (χ0) is 10.7. The normalized spacial score (nSPS) is 28.1. The van der Waals surface area contributed by atoms with Gasteiger partial charge in [-0.15, -0.1) is 0 Å². The molecule has 1 aliphatic heterocycles. The third-order valence-electron chi connectivity index (χ3n) is 3.35. The summed E-state index contributed by atoms with van der Waals surface area (Å²) in [7, 11) is 2.10. The Balaban J connectivity index is 2.03. The first kappa shape index (κ1) is 11.5. The van der Waals surface area contributed by atoms with Crippen LogP contribution in [0.15, 0.2) is 16.8 Å². The summed E-state index contributed by atoms with van der Waals surface area (Å²) in [4.78, 5) is 0. The molecule has 3 heteroatoms. The van der Waals surface area contributed by atoms with Crippen molar-refractivity contribution in [3.8, 4) is 0 Å².